The number of carbonyl (C=O) groups is 1. The number of para-hydroxylation sites is 1. The zero-order valence-corrected chi connectivity index (χ0v) is 15.6. The van der Waals surface area contributed by atoms with Crippen LogP contribution in [-0.2, 0) is 21.2 Å². The standard InChI is InChI=1S/C19H20N4O3S/c1-14(16-6-5-9-18(11-16)27(20,25)26)22-19(24)10-15-12-21-23(13-15)17-7-3-2-4-8-17/h2-9,11-14H,10H2,1H3,(H,22,24)(H2,20,25,26)/t14-/m0/s1. The minimum absolute atomic E-state index is 0.0187. The summed E-state index contributed by atoms with van der Waals surface area (Å²) in [5.41, 5.74) is 2.36. The Bertz CT molecular complexity index is 1050. The van der Waals surface area contributed by atoms with Crippen LogP contribution in [0.25, 0.3) is 5.69 Å². The molecule has 2 aromatic carbocycles. The highest BCUT2D eigenvalue weighted by molar-refractivity contribution is 7.89. The van der Waals surface area contributed by atoms with Crippen molar-refractivity contribution in [3.63, 3.8) is 0 Å². The van der Waals surface area contributed by atoms with Crippen LogP contribution in [0, 0.1) is 0 Å². The summed E-state index contributed by atoms with van der Waals surface area (Å²) in [5.74, 6) is -0.184. The number of hydrogen-bond acceptors (Lipinski definition) is 4. The summed E-state index contributed by atoms with van der Waals surface area (Å²) in [6.45, 7) is 1.79. The number of primary sulfonamides is 1. The Morgan fingerprint density at radius 1 is 1.19 bits per heavy atom. The molecule has 0 spiro atoms. The van der Waals surface area contributed by atoms with Gasteiger partial charge >= 0.3 is 0 Å². The number of rotatable bonds is 6. The Morgan fingerprint density at radius 3 is 2.63 bits per heavy atom. The van der Waals surface area contributed by atoms with Gasteiger partial charge in [-0.25, -0.2) is 18.2 Å². The van der Waals surface area contributed by atoms with Crippen LogP contribution < -0.4 is 10.5 Å². The van der Waals surface area contributed by atoms with E-state index in [1.54, 1.807) is 36.1 Å². The van der Waals surface area contributed by atoms with E-state index < -0.39 is 10.0 Å². The number of sulfonamides is 1. The molecule has 0 saturated heterocycles. The molecule has 0 aliphatic heterocycles. The van der Waals surface area contributed by atoms with Crippen molar-refractivity contribution in [2.75, 3.05) is 0 Å². The first kappa shape index (κ1) is 18.8. The molecule has 0 saturated carbocycles. The number of carbonyl (C=O) groups excluding carboxylic acids is 1. The van der Waals surface area contributed by atoms with Gasteiger partial charge in [0, 0.05) is 6.20 Å². The molecule has 1 atom stereocenters. The third kappa shape index (κ3) is 4.81. The maximum atomic E-state index is 12.3. The minimum Gasteiger partial charge on any atom is -0.349 e. The first-order valence-corrected chi connectivity index (χ1v) is 9.88. The summed E-state index contributed by atoms with van der Waals surface area (Å²) >= 11 is 0. The van der Waals surface area contributed by atoms with E-state index >= 15 is 0 Å². The zero-order valence-electron chi connectivity index (χ0n) is 14.7. The molecule has 8 heteroatoms. The van der Waals surface area contributed by atoms with Crippen molar-refractivity contribution >= 4 is 15.9 Å². The zero-order chi connectivity index (χ0) is 19.4. The van der Waals surface area contributed by atoms with Crippen LogP contribution in [0.5, 0.6) is 0 Å². The van der Waals surface area contributed by atoms with Gasteiger partial charge in [0.2, 0.25) is 15.9 Å². The van der Waals surface area contributed by atoms with Crippen molar-refractivity contribution < 1.29 is 13.2 Å². The molecule has 7 nitrogen and oxygen atoms in total. The quantitative estimate of drug-likeness (QED) is 0.677. The minimum atomic E-state index is -3.78. The summed E-state index contributed by atoms with van der Waals surface area (Å²) in [6, 6.07) is 15.5. The molecule has 0 fully saturated rings. The molecule has 3 rings (SSSR count). The van der Waals surface area contributed by atoms with Crippen molar-refractivity contribution in [3.05, 3.63) is 78.1 Å². The molecule has 0 bridgehead atoms. The molecule has 0 unspecified atom stereocenters. The number of aromatic nitrogens is 2. The van der Waals surface area contributed by atoms with Crippen molar-refractivity contribution in [1.29, 1.82) is 0 Å². The predicted molar refractivity (Wildman–Crippen MR) is 102 cm³/mol. The summed E-state index contributed by atoms with van der Waals surface area (Å²) in [5, 5.41) is 12.3. The van der Waals surface area contributed by atoms with E-state index in [4.69, 9.17) is 5.14 Å². The average Bonchev–Trinajstić information content (AvgIpc) is 3.10. The molecule has 3 aromatic rings. The molecular weight excluding hydrogens is 364 g/mol. The first-order valence-electron chi connectivity index (χ1n) is 8.34. The van der Waals surface area contributed by atoms with E-state index in [0.29, 0.717) is 5.56 Å². The number of hydrogen-bond donors (Lipinski definition) is 2. The Labute approximate surface area is 157 Å². The van der Waals surface area contributed by atoms with E-state index in [9.17, 15) is 13.2 Å². The van der Waals surface area contributed by atoms with Crippen molar-refractivity contribution in [3.8, 4) is 5.69 Å². The SMILES string of the molecule is C[C@H](NC(=O)Cc1cnn(-c2ccccc2)c1)c1cccc(S(N)(=O)=O)c1. The highest BCUT2D eigenvalue weighted by atomic mass is 32.2. The highest BCUT2D eigenvalue weighted by Crippen LogP contribution is 2.17. The largest absolute Gasteiger partial charge is 0.349 e. The second kappa shape index (κ2) is 7.73. The molecule has 0 radical (unpaired) electrons. The Hall–Kier alpha value is -2.97. The van der Waals surface area contributed by atoms with Crippen molar-refractivity contribution in [1.82, 2.24) is 15.1 Å². The molecule has 1 aromatic heterocycles. The van der Waals surface area contributed by atoms with Crippen LogP contribution in [0.2, 0.25) is 0 Å². The van der Waals surface area contributed by atoms with Crippen LogP contribution >= 0.6 is 0 Å². The molecule has 27 heavy (non-hydrogen) atoms. The van der Waals surface area contributed by atoms with E-state index in [0.717, 1.165) is 11.3 Å². The van der Waals surface area contributed by atoms with Gasteiger partial charge in [0.15, 0.2) is 0 Å². The maximum absolute atomic E-state index is 12.3. The number of nitrogens with one attached hydrogen (secondary N) is 1. The summed E-state index contributed by atoms with van der Waals surface area (Å²) in [4.78, 5) is 12.4. The monoisotopic (exact) mass is 384 g/mol. The lowest BCUT2D eigenvalue weighted by atomic mass is 10.1. The van der Waals surface area contributed by atoms with Gasteiger partial charge in [-0.1, -0.05) is 30.3 Å². The predicted octanol–water partition coefficient (Wildman–Crippen LogP) is 1.94. The van der Waals surface area contributed by atoms with Gasteiger partial charge in [0.05, 0.1) is 29.2 Å². The smallest absolute Gasteiger partial charge is 0.238 e. The highest BCUT2D eigenvalue weighted by Gasteiger charge is 2.14. The number of nitrogens with zero attached hydrogens (tertiary/aromatic N) is 2. The Morgan fingerprint density at radius 2 is 1.93 bits per heavy atom. The molecule has 3 N–H and O–H groups in total. The third-order valence-corrected chi connectivity index (χ3v) is 5.00. The summed E-state index contributed by atoms with van der Waals surface area (Å²) in [6.07, 6.45) is 3.63. The number of benzene rings is 2. The second-order valence-electron chi connectivity index (χ2n) is 6.21. The first-order chi connectivity index (χ1) is 12.8. The van der Waals surface area contributed by atoms with Gasteiger partial charge in [0.1, 0.15) is 0 Å². The van der Waals surface area contributed by atoms with Gasteiger partial charge in [0.25, 0.3) is 0 Å². The number of nitrogens with two attached hydrogens (primary N) is 1. The molecule has 1 amide bonds. The molecule has 140 valence electrons. The molecule has 1 heterocycles. The van der Waals surface area contributed by atoms with Crippen LogP contribution in [0.4, 0.5) is 0 Å². The van der Waals surface area contributed by atoms with Crippen LogP contribution in [0.3, 0.4) is 0 Å². The summed E-state index contributed by atoms with van der Waals surface area (Å²) in [7, 11) is -3.78. The van der Waals surface area contributed by atoms with Gasteiger partial charge < -0.3 is 5.32 Å². The Kier molecular flexibility index (Phi) is 5.38. The third-order valence-electron chi connectivity index (χ3n) is 4.09. The van der Waals surface area contributed by atoms with Gasteiger partial charge in [-0.2, -0.15) is 5.10 Å². The number of amides is 1. The van der Waals surface area contributed by atoms with Crippen molar-refractivity contribution in [2.24, 2.45) is 5.14 Å². The normalized spacial score (nSPS) is 12.5. The van der Waals surface area contributed by atoms with Gasteiger partial charge in [-0.15, -0.1) is 0 Å². The topological polar surface area (TPSA) is 107 Å². The van der Waals surface area contributed by atoms with Crippen molar-refractivity contribution in [2.45, 2.75) is 24.3 Å². The van der Waals surface area contributed by atoms with Gasteiger partial charge in [-0.3, -0.25) is 4.79 Å². The van der Waals surface area contributed by atoms with E-state index in [1.807, 2.05) is 30.3 Å². The van der Waals surface area contributed by atoms with Crippen LogP contribution in [0.1, 0.15) is 24.1 Å². The van der Waals surface area contributed by atoms with Crippen LogP contribution in [0.15, 0.2) is 71.9 Å². The average molecular weight is 384 g/mol. The fraction of sp³-hybridized carbons (Fsp3) is 0.158. The maximum Gasteiger partial charge on any atom is 0.238 e. The van der Waals surface area contributed by atoms with E-state index in [2.05, 4.69) is 10.4 Å². The lowest BCUT2D eigenvalue weighted by Crippen LogP contribution is -2.28. The second-order valence-corrected chi connectivity index (χ2v) is 7.77. The lowest BCUT2D eigenvalue weighted by molar-refractivity contribution is -0.121. The molecule has 0 aliphatic carbocycles. The fourth-order valence-corrected chi connectivity index (χ4v) is 3.26. The molecular formula is C19H20N4O3S. The summed E-state index contributed by atoms with van der Waals surface area (Å²) < 4.78 is 24.7. The molecule has 0 aliphatic rings. The van der Waals surface area contributed by atoms with Crippen LogP contribution in [-0.4, -0.2) is 24.1 Å². The lowest BCUT2D eigenvalue weighted by Gasteiger charge is -2.15. The van der Waals surface area contributed by atoms with E-state index in [-0.39, 0.29) is 23.3 Å². The fourth-order valence-electron chi connectivity index (χ4n) is 2.70. The Balaban J connectivity index is 1.65. The van der Waals surface area contributed by atoms with E-state index in [1.165, 1.54) is 12.1 Å². The van der Waals surface area contributed by atoms with Gasteiger partial charge in [-0.05, 0) is 42.3 Å².